The maximum absolute atomic E-state index is 11.5. The van der Waals surface area contributed by atoms with Gasteiger partial charge < -0.3 is 9.88 Å². The van der Waals surface area contributed by atoms with E-state index < -0.39 is 0 Å². The van der Waals surface area contributed by atoms with Crippen LogP contribution in [0.25, 0.3) is 0 Å². The topological polar surface area (TPSA) is 34.0 Å². The second-order valence-corrected chi connectivity index (χ2v) is 5.56. The number of hydrogen-bond acceptors (Lipinski definition) is 2. The first kappa shape index (κ1) is 13.2. The zero-order chi connectivity index (χ0) is 13.1. The lowest BCUT2D eigenvalue weighted by atomic mass is 9.78. The Balaban J connectivity index is 2.11. The number of hydrogen-bond donors (Lipinski definition) is 1. The number of anilines is 1. The predicted molar refractivity (Wildman–Crippen MR) is 76.0 cm³/mol. The molecule has 3 atom stereocenters. The molecule has 0 radical (unpaired) electrons. The van der Waals surface area contributed by atoms with Crippen LogP contribution in [0.4, 0.5) is 5.69 Å². The predicted octanol–water partition coefficient (Wildman–Crippen LogP) is 3.10. The summed E-state index contributed by atoms with van der Waals surface area (Å²) < 4.78 is 1.75. The molecule has 0 aromatic carbocycles. The lowest BCUT2D eigenvalue weighted by Gasteiger charge is -2.35. The van der Waals surface area contributed by atoms with Gasteiger partial charge >= 0.3 is 0 Å². The molecular formula is C15H24N2O. The second kappa shape index (κ2) is 5.59. The van der Waals surface area contributed by atoms with E-state index in [0.717, 1.165) is 18.2 Å². The van der Waals surface area contributed by atoms with Gasteiger partial charge in [0.2, 0.25) is 0 Å². The van der Waals surface area contributed by atoms with Crippen molar-refractivity contribution in [2.75, 3.05) is 5.32 Å². The molecule has 1 aliphatic carbocycles. The van der Waals surface area contributed by atoms with E-state index in [1.165, 1.54) is 19.3 Å². The molecule has 3 nitrogen and oxygen atoms in total. The minimum absolute atomic E-state index is 0.0770. The number of aryl methyl sites for hydroxylation is 1. The fourth-order valence-electron chi connectivity index (χ4n) is 2.86. The Kier molecular flexibility index (Phi) is 4.10. The van der Waals surface area contributed by atoms with Gasteiger partial charge in [-0.1, -0.05) is 26.7 Å². The van der Waals surface area contributed by atoms with Crippen LogP contribution >= 0.6 is 0 Å². The summed E-state index contributed by atoms with van der Waals surface area (Å²) in [5.41, 5.74) is 1.15. The van der Waals surface area contributed by atoms with E-state index in [0.29, 0.717) is 12.0 Å². The van der Waals surface area contributed by atoms with Crippen molar-refractivity contribution in [1.82, 2.24) is 4.57 Å². The average molecular weight is 248 g/mol. The SMILES string of the molecule is CCn1cc(NC2CCCC(C)C2C)ccc1=O. The van der Waals surface area contributed by atoms with Crippen molar-refractivity contribution < 1.29 is 0 Å². The Bertz CT molecular complexity index is 452. The third-order valence-corrected chi connectivity index (χ3v) is 4.38. The standard InChI is InChI=1S/C15H24N2O/c1-4-17-10-13(8-9-15(17)18)16-14-7-5-6-11(2)12(14)3/h8-12,14,16H,4-7H2,1-3H3. The molecule has 1 aromatic rings. The molecule has 0 amide bonds. The van der Waals surface area contributed by atoms with Crippen LogP contribution in [-0.2, 0) is 6.54 Å². The van der Waals surface area contributed by atoms with Crippen LogP contribution < -0.4 is 10.9 Å². The Morgan fingerprint density at radius 3 is 2.83 bits per heavy atom. The van der Waals surface area contributed by atoms with Gasteiger partial charge in [0.1, 0.15) is 0 Å². The number of rotatable bonds is 3. The highest BCUT2D eigenvalue weighted by molar-refractivity contribution is 5.41. The quantitative estimate of drug-likeness (QED) is 0.892. The van der Waals surface area contributed by atoms with Crippen LogP contribution in [0.1, 0.15) is 40.0 Å². The van der Waals surface area contributed by atoms with Gasteiger partial charge in [0.05, 0.1) is 5.69 Å². The highest BCUT2D eigenvalue weighted by Gasteiger charge is 2.26. The van der Waals surface area contributed by atoms with E-state index in [1.807, 2.05) is 19.2 Å². The van der Waals surface area contributed by atoms with Gasteiger partial charge in [-0.05, 0) is 31.2 Å². The van der Waals surface area contributed by atoms with Gasteiger partial charge in [-0.15, -0.1) is 0 Å². The lowest BCUT2D eigenvalue weighted by Crippen LogP contribution is -2.35. The summed E-state index contributed by atoms with van der Waals surface area (Å²) in [5.74, 6) is 1.48. The van der Waals surface area contributed by atoms with Gasteiger partial charge in [0, 0.05) is 24.8 Å². The summed E-state index contributed by atoms with van der Waals surface area (Å²) in [7, 11) is 0. The summed E-state index contributed by atoms with van der Waals surface area (Å²) in [6.07, 6.45) is 5.81. The summed E-state index contributed by atoms with van der Waals surface area (Å²) in [4.78, 5) is 11.5. The van der Waals surface area contributed by atoms with E-state index in [2.05, 4.69) is 19.2 Å². The summed E-state index contributed by atoms with van der Waals surface area (Å²) in [5, 5.41) is 3.60. The maximum atomic E-state index is 11.5. The highest BCUT2D eigenvalue weighted by Crippen LogP contribution is 2.31. The Morgan fingerprint density at radius 1 is 1.33 bits per heavy atom. The first-order chi connectivity index (χ1) is 8.61. The molecule has 1 aliphatic rings. The zero-order valence-electron chi connectivity index (χ0n) is 11.6. The van der Waals surface area contributed by atoms with Gasteiger partial charge in [0.15, 0.2) is 0 Å². The number of aromatic nitrogens is 1. The number of nitrogens with one attached hydrogen (secondary N) is 1. The summed E-state index contributed by atoms with van der Waals surface area (Å²) >= 11 is 0. The monoisotopic (exact) mass is 248 g/mol. The molecule has 1 saturated carbocycles. The average Bonchev–Trinajstić information content (AvgIpc) is 2.37. The molecule has 1 N–H and O–H groups in total. The van der Waals surface area contributed by atoms with Gasteiger partial charge in [-0.2, -0.15) is 0 Å². The maximum Gasteiger partial charge on any atom is 0.250 e. The fraction of sp³-hybridized carbons (Fsp3) is 0.667. The molecule has 18 heavy (non-hydrogen) atoms. The minimum Gasteiger partial charge on any atom is -0.381 e. The highest BCUT2D eigenvalue weighted by atomic mass is 16.1. The molecule has 0 aliphatic heterocycles. The normalized spacial score (nSPS) is 28.1. The Morgan fingerprint density at radius 2 is 2.11 bits per heavy atom. The van der Waals surface area contributed by atoms with Crippen LogP contribution in [0, 0.1) is 11.8 Å². The van der Waals surface area contributed by atoms with Crippen molar-refractivity contribution >= 4 is 5.69 Å². The third kappa shape index (κ3) is 2.77. The third-order valence-electron chi connectivity index (χ3n) is 4.38. The molecule has 3 unspecified atom stereocenters. The van der Waals surface area contributed by atoms with Crippen LogP contribution in [0.15, 0.2) is 23.1 Å². The second-order valence-electron chi connectivity index (χ2n) is 5.56. The molecule has 1 heterocycles. The minimum atomic E-state index is 0.0770. The molecule has 100 valence electrons. The number of nitrogens with zero attached hydrogens (tertiary/aromatic N) is 1. The number of pyridine rings is 1. The molecule has 1 fully saturated rings. The van der Waals surface area contributed by atoms with E-state index >= 15 is 0 Å². The van der Waals surface area contributed by atoms with E-state index in [4.69, 9.17) is 0 Å². The first-order valence-corrected chi connectivity index (χ1v) is 7.09. The van der Waals surface area contributed by atoms with Crippen molar-refractivity contribution in [2.24, 2.45) is 11.8 Å². The van der Waals surface area contributed by atoms with Gasteiger partial charge in [-0.25, -0.2) is 0 Å². The smallest absolute Gasteiger partial charge is 0.250 e. The van der Waals surface area contributed by atoms with Crippen LogP contribution in [0.5, 0.6) is 0 Å². The first-order valence-electron chi connectivity index (χ1n) is 7.09. The lowest BCUT2D eigenvalue weighted by molar-refractivity contribution is 0.253. The van der Waals surface area contributed by atoms with Crippen molar-refractivity contribution in [3.05, 3.63) is 28.7 Å². The molecule has 0 bridgehead atoms. The van der Waals surface area contributed by atoms with Crippen molar-refractivity contribution in [3.63, 3.8) is 0 Å². The van der Waals surface area contributed by atoms with E-state index in [-0.39, 0.29) is 5.56 Å². The summed E-state index contributed by atoms with van der Waals surface area (Å²) in [6, 6.07) is 4.10. The molecule has 1 aromatic heterocycles. The largest absolute Gasteiger partial charge is 0.381 e. The van der Waals surface area contributed by atoms with Crippen LogP contribution in [-0.4, -0.2) is 10.6 Å². The molecular weight excluding hydrogens is 224 g/mol. The molecule has 2 rings (SSSR count). The van der Waals surface area contributed by atoms with Crippen molar-refractivity contribution in [1.29, 1.82) is 0 Å². The van der Waals surface area contributed by atoms with Gasteiger partial charge in [0.25, 0.3) is 5.56 Å². The molecule has 0 spiro atoms. The molecule has 0 saturated heterocycles. The van der Waals surface area contributed by atoms with E-state index in [9.17, 15) is 4.79 Å². The van der Waals surface area contributed by atoms with Crippen LogP contribution in [0.3, 0.4) is 0 Å². The van der Waals surface area contributed by atoms with Gasteiger partial charge in [-0.3, -0.25) is 4.79 Å². The Hall–Kier alpha value is -1.25. The van der Waals surface area contributed by atoms with Crippen molar-refractivity contribution in [3.8, 4) is 0 Å². The van der Waals surface area contributed by atoms with Crippen molar-refractivity contribution in [2.45, 2.75) is 52.6 Å². The summed E-state index contributed by atoms with van der Waals surface area (Å²) in [6.45, 7) is 7.39. The Labute approximate surface area is 109 Å². The molecule has 3 heteroatoms. The fourth-order valence-corrected chi connectivity index (χ4v) is 2.86. The van der Waals surface area contributed by atoms with E-state index in [1.54, 1.807) is 10.6 Å². The zero-order valence-corrected chi connectivity index (χ0v) is 11.6. The van der Waals surface area contributed by atoms with Crippen LogP contribution in [0.2, 0.25) is 0 Å².